The molecule has 0 amide bonds. The molecule has 1 heterocycles. The summed E-state index contributed by atoms with van der Waals surface area (Å²) in [7, 11) is 0. The normalized spacial score (nSPS) is 12.0. The van der Waals surface area contributed by atoms with Gasteiger partial charge in [0.05, 0.1) is 11.2 Å². The van der Waals surface area contributed by atoms with Gasteiger partial charge in [0.1, 0.15) is 18.1 Å². The molecule has 0 saturated heterocycles. The number of hydrogen-bond acceptors (Lipinski definition) is 4. The molecule has 1 N–H and O–H groups in total. The zero-order valence-corrected chi connectivity index (χ0v) is 19.1. The number of para-hydroxylation sites is 2. The summed E-state index contributed by atoms with van der Waals surface area (Å²) in [6.45, 7) is 2.34. The Balaban J connectivity index is 1.39. The van der Waals surface area contributed by atoms with E-state index in [4.69, 9.17) is 9.47 Å². The van der Waals surface area contributed by atoms with Gasteiger partial charge in [-0.05, 0) is 42.3 Å². The van der Waals surface area contributed by atoms with E-state index in [0.717, 1.165) is 39.9 Å². The van der Waals surface area contributed by atoms with E-state index in [1.807, 2.05) is 91.9 Å². The quantitative estimate of drug-likeness (QED) is 0.273. The Hall–Kier alpha value is -4.12. The Morgan fingerprint density at radius 1 is 0.941 bits per heavy atom. The SMILES string of the molecule is CCCC(Oc1ccccc1/C=C\c1ccc(OCc2ccc3ccccc3n2)cc1)C(=O)O. The average molecular weight is 454 g/mol. The zero-order chi connectivity index (χ0) is 23.8. The molecule has 172 valence electrons. The molecule has 1 atom stereocenters. The van der Waals surface area contributed by atoms with Gasteiger partial charge in [0.15, 0.2) is 6.10 Å². The van der Waals surface area contributed by atoms with Gasteiger partial charge in [0.2, 0.25) is 0 Å². The van der Waals surface area contributed by atoms with E-state index in [2.05, 4.69) is 11.1 Å². The fourth-order valence-electron chi connectivity index (χ4n) is 3.58. The van der Waals surface area contributed by atoms with Crippen LogP contribution in [0.1, 0.15) is 36.6 Å². The third-order valence-corrected chi connectivity index (χ3v) is 5.39. The zero-order valence-electron chi connectivity index (χ0n) is 19.1. The molecule has 3 aromatic carbocycles. The summed E-state index contributed by atoms with van der Waals surface area (Å²) >= 11 is 0. The predicted octanol–water partition coefficient (Wildman–Crippen LogP) is 6.62. The summed E-state index contributed by atoms with van der Waals surface area (Å²) in [5.41, 5.74) is 3.65. The number of rotatable bonds is 10. The molecule has 4 rings (SSSR count). The molecule has 34 heavy (non-hydrogen) atoms. The summed E-state index contributed by atoms with van der Waals surface area (Å²) in [5, 5.41) is 10.5. The molecule has 1 unspecified atom stereocenters. The van der Waals surface area contributed by atoms with E-state index in [1.54, 1.807) is 6.07 Å². The number of pyridine rings is 1. The van der Waals surface area contributed by atoms with Gasteiger partial charge in [-0.25, -0.2) is 9.78 Å². The number of benzene rings is 3. The second kappa shape index (κ2) is 11.1. The number of ether oxygens (including phenoxy) is 2. The smallest absolute Gasteiger partial charge is 0.344 e. The summed E-state index contributed by atoms with van der Waals surface area (Å²) in [4.78, 5) is 16.1. The van der Waals surface area contributed by atoms with Crippen molar-refractivity contribution in [3.8, 4) is 11.5 Å². The molecule has 1 aromatic heterocycles. The molecule has 5 nitrogen and oxygen atoms in total. The second-order valence-electron chi connectivity index (χ2n) is 7.96. The Labute approximate surface area is 199 Å². The number of hydrogen-bond donors (Lipinski definition) is 1. The molecule has 0 aliphatic rings. The lowest BCUT2D eigenvalue weighted by Crippen LogP contribution is -2.26. The molecular weight excluding hydrogens is 426 g/mol. The van der Waals surface area contributed by atoms with E-state index in [0.29, 0.717) is 18.8 Å². The van der Waals surface area contributed by atoms with Gasteiger partial charge in [-0.2, -0.15) is 0 Å². The minimum absolute atomic E-state index is 0.396. The summed E-state index contributed by atoms with van der Waals surface area (Å²) in [6.07, 6.45) is 4.24. The maximum absolute atomic E-state index is 11.5. The van der Waals surface area contributed by atoms with Crippen LogP contribution in [-0.2, 0) is 11.4 Å². The van der Waals surface area contributed by atoms with Crippen molar-refractivity contribution in [1.29, 1.82) is 0 Å². The number of carboxylic acid groups (broad SMARTS) is 1. The van der Waals surface area contributed by atoms with E-state index in [9.17, 15) is 9.90 Å². The van der Waals surface area contributed by atoms with Crippen molar-refractivity contribution in [2.45, 2.75) is 32.5 Å². The van der Waals surface area contributed by atoms with Crippen LogP contribution in [0, 0.1) is 0 Å². The maximum atomic E-state index is 11.5. The first-order valence-electron chi connectivity index (χ1n) is 11.4. The highest BCUT2D eigenvalue weighted by Gasteiger charge is 2.19. The number of carbonyl (C=O) groups is 1. The van der Waals surface area contributed by atoms with Crippen molar-refractivity contribution in [3.05, 3.63) is 102 Å². The fraction of sp³-hybridized carbons (Fsp3) is 0.172. The number of fused-ring (bicyclic) bond motifs is 1. The summed E-state index contributed by atoms with van der Waals surface area (Å²) < 4.78 is 11.7. The first-order valence-corrected chi connectivity index (χ1v) is 11.4. The van der Waals surface area contributed by atoms with Crippen LogP contribution in [0.4, 0.5) is 0 Å². The molecule has 0 aliphatic carbocycles. The van der Waals surface area contributed by atoms with Crippen LogP contribution in [0.25, 0.3) is 23.1 Å². The van der Waals surface area contributed by atoms with Crippen molar-refractivity contribution in [1.82, 2.24) is 4.98 Å². The molecule has 0 saturated carbocycles. The van der Waals surface area contributed by atoms with Gasteiger partial charge in [0, 0.05) is 10.9 Å². The van der Waals surface area contributed by atoms with Crippen molar-refractivity contribution < 1.29 is 19.4 Å². The van der Waals surface area contributed by atoms with Gasteiger partial charge >= 0.3 is 5.97 Å². The lowest BCUT2D eigenvalue weighted by molar-refractivity contribution is -0.145. The molecule has 0 spiro atoms. The van der Waals surface area contributed by atoms with Crippen molar-refractivity contribution in [2.75, 3.05) is 0 Å². The molecule has 0 bridgehead atoms. The Bertz CT molecular complexity index is 1280. The predicted molar refractivity (Wildman–Crippen MR) is 135 cm³/mol. The van der Waals surface area contributed by atoms with E-state index < -0.39 is 12.1 Å². The average Bonchev–Trinajstić information content (AvgIpc) is 2.87. The standard InChI is InChI=1S/C29H27NO4/c1-2-7-28(29(31)32)34-27-11-6-4-9-23(27)15-12-21-13-18-25(19-14-21)33-20-24-17-16-22-8-3-5-10-26(22)30-24/h3-6,8-19,28H,2,7,20H2,1H3,(H,31,32)/b15-12-. The fourth-order valence-corrected chi connectivity index (χ4v) is 3.58. The van der Waals surface area contributed by atoms with Crippen molar-refractivity contribution in [3.63, 3.8) is 0 Å². The van der Waals surface area contributed by atoms with Crippen LogP contribution >= 0.6 is 0 Å². The minimum Gasteiger partial charge on any atom is -0.487 e. The van der Waals surface area contributed by atoms with E-state index in [-0.39, 0.29) is 0 Å². The first-order chi connectivity index (χ1) is 16.6. The molecule has 0 aliphatic heterocycles. The lowest BCUT2D eigenvalue weighted by atomic mass is 10.1. The molecule has 5 heteroatoms. The minimum atomic E-state index is -0.949. The highest BCUT2D eigenvalue weighted by molar-refractivity contribution is 5.78. The monoisotopic (exact) mass is 453 g/mol. The molecule has 0 fully saturated rings. The van der Waals surface area contributed by atoms with Gasteiger partial charge in [-0.15, -0.1) is 0 Å². The van der Waals surface area contributed by atoms with Gasteiger partial charge in [-0.3, -0.25) is 0 Å². The Morgan fingerprint density at radius 3 is 2.50 bits per heavy atom. The number of nitrogens with zero attached hydrogens (tertiary/aromatic N) is 1. The van der Waals surface area contributed by atoms with Gasteiger partial charge in [-0.1, -0.05) is 80.1 Å². The third-order valence-electron chi connectivity index (χ3n) is 5.39. The van der Waals surface area contributed by atoms with Crippen LogP contribution in [0.2, 0.25) is 0 Å². The summed E-state index contributed by atoms with van der Waals surface area (Å²) in [5.74, 6) is 0.372. The number of carboxylic acids is 1. The van der Waals surface area contributed by atoms with E-state index >= 15 is 0 Å². The van der Waals surface area contributed by atoms with E-state index in [1.165, 1.54) is 0 Å². The number of aromatic nitrogens is 1. The Morgan fingerprint density at radius 2 is 1.71 bits per heavy atom. The Kier molecular flexibility index (Phi) is 7.56. The van der Waals surface area contributed by atoms with Crippen LogP contribution in [-0.4, -0.2) is 22.2 Å². The van der Waals surface area contributed by atoms with Crippen LogP contribution < -0.4 is 9.47 Å². The largest absolute Gasteiger partial charge is 0.487 e. The second-order valence-corrected chi connectivity index (χ2v) is 7.96. The highest BCUT2D eigenvalue weighted by Crippen LogP contribution is 2.24. The summed E-state index contributed by atoms with van der Waals surface area (Å²) in [6, 6.07) is 27.3. The first kappa shape index (κ1) is 23.1. The highest BCUT2D eigenvalue weighted by atomic mass is 16.5. The van der Waals surface area contributed by atoms with Crippen LogP contribution in [0.5, 0.6) is 11.5 Å². The van der Waals surface area contributed by atoms with Crippen LogP contribution in [0.15, 0.2) is 84.9 Å². The topological polar surface area (TPSA) is 68.7 Å². The van der Waals surface area contributed by atoms with Crippen molar-refractivity contribution >= 4 is 29.0 Å². The van der Waals surface area contributed by atoms with Gasteiger partial charge < -0.3 is 14.6 Å². The van der Waals surface area contributed by atoms with Crippen molar-refractivity contribution in [2.24, 2.45) is 0 Å². The molecular formula is C29H27NO4. The maximum Gasteiger partial charge on any atom is 0.344 e. The number of aliphatic carboxylic acids is 1. The molecule has 0 radical (unpaired) electrons. The van der Waals surface area contributed by atoms with Crippen LogP contribution in [0.3, 0.4) is 0 Å². The van der Waals surface area contributed by atoms with Gasteiger partial charge in [0.25, 0.3) is 0 Å². The molecule has 4 aromatic rings. The lowest BCUT2D eigenvalue weighted by Gasteiger charge is -2.16. The third kappa shape index (κ3) is 6.01.